The highest BCUT2D eigenvalue weighted by atomic mass is 16.5. The third-order valence-corrected chi connectivity index (χ3v) is 2.22. The maximum absolute atomic E-state index is 5.81. The van der Waals surface area contributed by atoms with Crippen molar-refractivity contribution in [1.29, 1.82) is 0 Å². The summed E-state index contributed by atoms with van der Waals surface area (Å²) in [5, 5.41) is 0. The molecule has 1 fully saturated rings. The quantitative estimate of drug-likeness (QED) is 0.585. The van der Waals surface area contributed by atoms with E-state index >= 15 is 0 Å². The van der Waals surface area contributed by atoms with Crippen molar-refractivity contribution < 1.29 is 4.74 Å². The van der Waals surface area contributed by atoms with Crippen LogP contribution in [0.25, 0.3) is 0 Å². The van der Waals surface area contributed by atoms with Gasteiger partial charge in [0, 0.05) is 0 Å². The molecule has 1 aliphatic rings. The average molecular weight is 166 g/mol. The largest absolute Gasteiger partial charge is 0.371 e. The zero-order valence-electron chi connectivity index (χ0n) is 7.83. The van der Waals surface area contributed by atoms with Crippen molar-refractivity contribution in [1.82, 2.24) is 0 Å². The molecule has 68 valence electrons. The molecule has 1 rings (SSSR count). The van der Waals surface area contributed by atoms with E-state index in [2.05, 4.69) is 18.7 Å². The van der Waals surface area contributed by atoms with Crippen LogP contribution in [-0.2, 0) is 4.74 Å². The van der Waals surface area contributed by atoms with Crippen molar-refractivity contribution in [3.05, 3.63) is 24.8 Å². The van der Waals surface area contributed by atoms with E-state index in [1.807, 2.05) is 13.0 Å². The molecule has 1 nitrogen and oxygen atoms in total. The molecule has 0 N–H and O–H groups in total. The van der Waals surface area contributed by atoms with Crippen LogP contribution >= 0.6 is 0 Å². The predicted molar refractivity (Wildman–Crippen MR) is 52.1 cm³/mol. The molecule has 0 spiro atoms. The predicted octanol–water partition coefficient (Wildman–Crippen LogP) is 3.08. The Morgan fingerprint density at radius 3 is 3.00 bits per heavy atom. The van der Waals surface area contributed by atoms with E-state index < -0.39 is 0 Å². The van der Waals surface area contributed by atoms with Crippen molar-refractivity contribution >= 4 is 0 Å². The fourth-order valence-corrected chi connectivity index (χ4v) is 1.65. The molecule has 0 saturated carbocycles. The molecule has 0 aromatic heterocycles. The van der Waals surface area contributed by atoms with Gasteiger partial charge in [0.1, 0.15) is 0 Å². The molecule has 0 aromatic carbocycles. The average Bonchev–Trinajstić information content (AvgIpc) is 2.06. The van der Waals surface area contributed by atoms with Crippen LogP contribution in [0.1, 0.15) is 32.6 Å². The first kappa shape index (κ1) is 9.53. The molecule has 1 aliphatic heterocycles. The van der Waals surface area contributed by atoms with Crippen molar-refractivity contribution in [3.63, 3.8) is 0 Å². The van der Waals surface area contributed by atoms with Gasteiger partial charge in [-0.25, -0.2) is 0 Å². The fraction of sp³-hybridized carbons (Fsp3) is 0.636. The van der Waals surface area contributed by atoms with Gasteiger partial charge in [0.25, 0.3) is 0 Å². The second-order valence-corrected chi connectivity index (χ2v) is 3.28. The third kappa shape index (κ3) is 2.82. The minimum atomic E-state index is 0.355. The zero-order chi connectivity index (χ0) is 8.81. The lowest BCUT2D eigenvalue weighted by Crippen LogP contribution is -2.25. The van der Waals surface area contributed by atoms with E-state index in [-0.39, 0.29) is 0 Å². The third-order valence-electron chi connectivity index (χ3n) is 2.22. The minimum Gasteiger partial charge on any atom is -0.371 e. The van der Waals surface area contributed by atoms with E-state index in [4.69, 9.17) is 4.74 Å². The van der Waals surface area contributed by atoms with Crippen molar-refractivity contribution in [2.45, 2.75) is 44.8 Å². The van der Waals surface area contributed by atoms with E-state index in [1.165, 1.54) is 19.3 Å². The molecule has 12 heavy (non-hydrogen) atoms. The fourth-order valence-electron chi connectivity index (χ4n) is 1.65. The maximum atomic E-state index is 5.81. The molecule has 1 saturated heterocycles. The lowest BCUT2D eigenvalue weighted by Gasteiger charge is -2.27. The Hall–Kier alpha value is -0.560. The monoisotopic (exact) mass is 166 g/mol. The molecule has 2 atom stereocenters. The standard InChI is InChI=1S/C11H18O/c1-3-6-10-8-5-9-11(12-10)7-4-2/h3-4,7,10-11H,1,5-6,8-9H2,2H3/b7-4+/t10-,11-/m0/s1. The molecule has 1 heteroatoms. The van der Waals surface area contributed by atoms with Gasteiger partial charge in [-0.1, -0.05) is 18.2 Å². The van der Waals surface area contributed by atoms with Crippen LogP contribution in [0.3, 0.4) is 0 Å². The summed E-state index contributed by atoms with van der Waals surface area (Å²) < 4.78 is 5.81. The maximum Gasteiger partial charge on any atom is 0.0759 e. The second-order valence-electron chi connectivity index (χ2n) is 3.28. The number of ether oxygens (including phenoxy) is 1. The molecule has 0 bridgehead atoms. The lowest BCUT2D eigenvalue weighted by atomic mass is 10.0. The van der Waals surface area contributed by atoms with Gasteiger partial charge < -0.3 is 4.74 Å². The normalized spacial score (nSPS) is 30.8. The zero-order valence-corrected chi connectivity index (χ0v) is 7.83. The molecule has 0 amide bonds. The molecule has 0 aromatic rings. The van der Waals surface area contributed by atoms with E-state index in [9.17, 15) is 0 Å². The van der Waals surface area contributed by atoms with Crippen LogP contribution in [0.5, 0.6) is 0 Å². The summed E-state index contributed by atoms with van der Waals surface area (Å²) >= 11 is 0. The summed E-state index contributed by atoms with van der Waals surface area (Å²) in [6.45, 7) is 5.77. The molecular weight excluding hydrogens is 148 g/mol. The van der Waals surface area contributed by atoms with E-state index in [0.717, 1.165) is 6.42 Å². The highest BCUT2D eigenvalue weighted by Crippen LogP contribution is 2.21. The summed E-state index contributed by atoms with van der Waals surface area (Å²) in [5.74, 6) is 0. The van der Waals surface area contributed by atoms with Crippen LogP contribution < -0.4 is 0 Å². The van der Waals surface area contributed by atoms with Crippen LogP contribution in [0.2, 0.25) is 0 Å². The molecule has 0 radical (unpaired) electrons. The van der Waals surface area contributed by atoms with Crippen molar-refractivity contribution in [2.24, 2.45) is 0 Å². The number of hydrogen-bond donors (Lipinski definition) is 0. The van der Waals surface area contributed by atoms with Crippen molar-refractivity contribution in [2.75, 3.05) is 0 Å². The Labute approximate surface area is 75.1 Å². The van der Waals surface area contributed by atoms with Crippen LogP contribution in [0.4, 0.5) is 0 Å². The Balaban J connectivity index is 2.34. The Morgan fingerprint density at radius 2 is 2.33 bits per heavy atom. The van der Waals surface area contributed by atoms with Crippen LogP contribution in [-0.4, -0.2) is 12.2 Å². The summed E-state index contributed by atoms with van der Waals surface area (Å²) in [4.78, 5) is 0. The summed E-state index contributed by atoms with van der Waals surface area (Å²) in [5.41, 5.74) is 0. The van der Waals surface area contributed by atoms with Crippen LogP contribution in [0, 0.1) is 0 Å². The first-order valence-electron chi connectivity index (χ1n) is 4.76. The number of allylic oxidation sites excluding steroid dienone is 1. The smallest absolute Gasteiger partial charge is 0.0759 e. The highest BCUT2D eigenvalue weighted by molar-refractivity contribution is 4.90. The highest BCUT2D eigenvalue weighted by Gasteiger charge is 2.18. The van der Waals surface area contributed by atoms with Gasteiger partial charge in [0.15, 0.2) is 0 Å². The summed E-state index contributed by atoms with van der Waals surface area (Å²) in [6, 6.07) is 0. The van der Waals surface area contributed by atoms with Gasteiger partial charge in [-0.05, 0) is 32.6 Å². The Bertz CT molecular complexity index is 160. The molecular formula is C11H18O. The summed E-state index contributed by atoms with van der Waals surface area (Å²) in [7, 11) is 0. The van der Waals surface area contributed by atoms with Gasteiger partial charge in [0.2, 0.25) is 0 Å². The lowest BCUT2D eigenvalue weighted by molar-refractivity contribution is -0.0228. The molecule has 1 heterocycles. The molecule has 0 aliphatic carbocycles. The van der Waals surface area contributed by atoms with Crippen molar-refractivity contribution in [3.8, 4) is 0 Å². The van der Waals surface area contributed by atoms with Gasteiger partial charge in [-0.15, -0.1) is 6.58 Å². The first-order valence-corrected chi connectivity index (χ1v) is 4.76. The first-order chi connectivity index (χ1) is 5.86. The molecule has 0 unspecified atom stereocenters. The number of hydrogen-bond acceptors (Lipinski definition) is 1. The summed E-state index contributed by atoms with van der Waals surface area (Å²) in [6.07, 6.45) is 11.6. The Kier molecular flexibility index (Phi) is 4.09. The van der Waals surface area contributed by atoms with Crippen LogP contribution in [0.15, 0.2) is 24.8 Å². The minimum absolute atomic E-state index is 0.355. The SMILES string of the molecule is C=CC[C@H]1CCC[C@H](/C=C/C)O1. The van der Waals surface area contributed by atoms with Gasteiger partial charge in [0.05, 0.1) is 12.2 Å². The second kappa shape index (κ2) is 5.15. The van der Waals surface area contributed by atoms with Gasteiger partial charge in [-0.3, -0.25) is 0 Å². The van der Waals surface area contributed by atoms with E-state index in [0.29, 0.717) is 12.2 Å². The topological polar surface area (TPSA) is 9.23 Å². The van der Waals surface area contributed by atoms with E-state index in [1.54, 1.807) is 0 Å². The van der Waals surface area contributed by atoms with Gasteiger partial charge >= 0.3 is 0 Å². The van der Waals surface area contributed by atoms with Gasteiger partial charge in [-0.2, -0.15) is 0 Å². The number of rotatable bonds is 3. The Morgan fingerprint density at radius 1 is 1.50 bits per heavy atom.